The van der Waals surface area contributed by atoms with Gasteiger partial charge in [0.1, 0.15) is 5.75 Å². The molecule has 0 radical (unpaired) electrons. The Kier molecular flexibility index (Phi) is 7.01. The van der Waals surface area contributed by atoms with E-state index in [9.17, 15) is 19.5 Å². The molecular formula is C31H34N4O5. The Labute approximate surface area is 232 Å². The van der Waals surface area contributed by atoms with Crippen LogP contribution >= 0.6 is 0 Å². The second-order valence-corrected chi connectivity index (χ2v) is 11.0. The molecule has 1 fully saturated rings. The predicted octanol–water partition coefficient (Wildman–Crippen LogP) is 3.52. The predicted molar refractivity (Wildman–Crippen MR) is 154 cm³/mol. The minimum absolute atomic E-state index is 0.0452. The number of rotatable bonds is 7. The molecule has 1 saturated carbocycles. The van der Waals surface area contributed by atoms with E-state index in [-0.39, 0.29) is 35.7 Å². The summed E-state index contributed by atoms with van der Waals surface area (Å²) >= 11 is 0. The number of carbonyl (C=O) groups is 3. The number of nitrogens with two attached hydrogens (primary N) is 2. The summed E-state index contributed by atoms with van der Waals surface area (Å²) in [6.45, 7) is 5.90. The van der Waals surface area contributed by atoms with Gasteiger partial charge in [0, 0.05) is 23.7 Å². The lowest BCUT2D eigenvalue weighted by atomic mass is 9.83. The van der Waals surface area contributed by atoms with Crippen LogP contribution in [0.2, 0.25) is 0 Å². The number of anilines is 1. The Balaban J connectivity index is 1.48. The number of nitrogens with zero attached hydrogens (tertiary/aromatic N) is 1. The first-order valence-electron chi connectivity index (χ1n) is 13.3. The van der Waals surface area contributed by atoms with Crippen LogP contribution in [-0.2, 0) is 11.3 Å². The van der Waals surface area contributed by atoms with Gasteiger partial charge in [0.15, 0.2) is 0 Å². The molecule has 6 N–H and O–H groups in total. The van der Waals surface area contributed by atoms with Gasteiger partial charge in [-0.25, -0.2) is 0 Å². The monoisotopic (exact) mass is 542 g/mol. The molecule has 1 aliphatic heterocycles. The number of nitrogen functional groups attached to an aromatic ring is 1. The molecule has 40 heavy (non-hydrogen) atoms. The van der Waals surface area contributed by atoms with Crippen LogP contribution in [0.5, 0.6) is 5.75 Å². The quantitative estimate of drug-likeness (QED) is 0.265. The Morgan fingerprint density at radius 1 is 1.15 bits per heavy atom. The second kappa shape index (κ2) is 10.3. The summed E-state index contributed by atoms with van der Waals surface area (Å²) in [4.78, 5) is 39.4. The topological polar surface area (TPSA) is 148 Å². The fourth-order valence-corrected chi connectivity index (χ4v) is 5.60. The molecule has 9 nitrogen and oxygen atoms in total. The number of benzene rings is 3. The highest BCUT2D eigenvalue weighted by Crippen LogP contribution is 2.37. The summed E-state index contributed by atoms with van der Waals surface area (Å²) in [5.74, 6) is -0.717. The van der Waals surface area contributed by atoms with E-state index in [1.807, 2.05) is 31.2 Å². The molecule has 0 aromatic heterocycles. The zero-order chi connectivity index (χ0) is 28.8. The number of primary amides is 1. The highest BCUT2D eigenvalue weighted by atomic mass is 16.5. The van der Waals surface area contributed by atoms with Crippen molar-refractivity contribution in [3.8, 4) is 16.9 Å². The van der Waals surface area contributed by atoms with Crippen molar-refractivity contribution in [3.05, 3.63) is 71.3 Å². The van der Waals surface area contributed by atoms with Crippen molar-refractivity contribution in [2.45, 2.75) is 50.8 Å². The minimum atomic E-state index is -0.697. The number of hydrogen-bond acceptors (Lipinski definition) is 6. The Bertz CT molecular complexity index is 1550. The zero-order valence-electron chi connectivity index (χ0n) is 22.8. The molecule has 2 aliphatic rings. The van der Waals surface area contributed by atoms with Crippen LogP contribution in [0.25, 0.3) is 21.9 Å². The van der Waals surface area contributed by atoms with E-state index in [0.29, 0.717) is 49.1 Å². The van der Waals surface area contributed by atoms with Gasteiger partial charge in [-0.15, -0.1) is 0 Å². The molecule has 5 rings (SSSR count). The Morgan fingerprint density at radius 3 is 2.52 bits per heavy atom. The smallest absolute Gasteiger partial charge is 0.254 e. The van der Waals surface area contributed by atoms with Crippen molar-refractivity contribution in [2.24, 2.45) is 5.73 Å². The number of nitrogens with one attached hydrogen (secondary N) is 1. The van der Waals surface area contributed by atoms with Crippen molar-refractivity contribution in [1.29, 1.82) is 0 Å². The van der Waals surface area contributed by atoms with Gasteiger partial charge in [-0.2, -0.15) is 0 Å². The molecule has 0 bridgehead atoms. The van der Waals surface area contributed by atoms with E-state index in [4.69, 9.17) is 16.2 Å². The summed E-state index contributed by atoms with van der Waals surface area (Å²) < 4.78 is 5.53. The van der Waals surface area contributed by atoms with E-state index >= 15 is 0 Å². The highest BCUT2D eigenvalue weighted by molar-refractivity contribution is 6.06. The van der Waals surface area contributed by atoms with Crippen molar-refractivity contribution >= 4 is 34.2 Å². The normalized spacial score (nSPS) is 20.3. The van der Waals surface area contributed by atoms with Crippen LogP contribution in [0, 0.1) is 0 Å². The lowest BCUT2D eigenvalue weighted by Gasteiger charge is -2.33. The Morgan fingerprint density at radius 2 is 1.85 bits per heavy atom. The third-order valence-corrected chi connectivity index (χ3v) is 8.07. The first-order chi connectivity index (χ1) is 19.0. The van der Waals surface area contributed by atoms with Crippen LogP contribution in [0.15, 0.2) is 54.6 Å². The molecule has 208 valence electrons. The lowest BCUT2D eigenvalue weighted by molar-refractivity contribution is -0.114. The average molecular weight is 543 g/mol. The van der Waals surface area contributed by atoms with E-state index < -0.39 is 11.5 Å². The maximum atomic E-state index is 13.3. The number of ether oxygens (including phenoxy) is 1. The lowest BCUT2D eigenvalue weighted by Crippen LogP contribution is -2.42. The van der Waals surface area contributed by atoms with E-state index in [1.165, 1.54) is 7.11 Å². The van der Waals surface area contributed by atoms with Crippen molar-refractivity contribution in [2.75, 3.05) is 19.4 Å². The fraction of sp³-hybridized carbons (Fsp3) is 0.323. The van der Waals surface area contributed by atoms with Gasteiger partial charge in [-0.1, -0.05) is 24.8 Å². The maximum Gasteiger partial charge on any atom is 0.254 e. The summed E-state index contributed by atoms with van der Waals surface area (Å²) in [7, 11) is 1.51. The van der Waals surface area contributed by atoms with Crippen molar-refractivity contribution in [1.82, 2.24) is 10.2 Å². The highest BCUT2D eigenvalue weighted by Gasteiger charge is 2.31. The van der Waals surface area contributed by atoms with E-state index in [2.05, 4.69) is 11.9 Å². The molecule has 1 heterocycles. The molecule has 9 heteroatoms. The maximum absolute atomic E-state index is 13.3. The molecule has 0 saturated heterocycles. The SMILES string of the molecule is C=C(CN1Cc2c(ccc3ccc(-c4cc(OC)c(N)c(C(=O)NC5CCC(C)(O)CC5)c4)cc23)C1=O)C(N)=O. The molecule has 0 spiro atoms. The largest absolute Gasteiger partial charge is 0.495 e. The van der Waals surface area contributed by atoms with Gasteiger partial charge in [0.2, 0.25) is 5.91 Å². The standard InChI is InChI=1S/C31H34N4O5/c1-17(28(33)36)15-35-16-25-22(30(35)38)7-6-18-4-5-19(12-23(18)25)20-13-24(27(32)26(14-20)40-3)29(37)34-21-8-10-31(2,39)11-9-21/h4-7,12-14,21,39H,1,8-11,15-16,32H2,2-3H3,(H2,33,36)(H,34,37). The molecule has 1 aliphatic carbocycles. The second-order valence-electron chi connectivity index (χ2n) is 11.0. The van der Waals surface area contributed by atoms with Crippen LogP contribution < -0.4 is 21.5 Å². The van der Waals surface area contributed by atoms with Crippen molar-refractivity contribution < 1.29 is 24.2 Å². The number of carbonyl (C=O) groups excluding carboxylic acids is 3. The van der Waals surface area contributed by atoms with Crippen molar-refractivity contribution in [3.63, 3.8) is 0 Å². The van der Waals surface area contributed by atoms with Gasteiger partial charge in [0.05, 0.1) is 30.5 Å². The van der Waals surface area contributed by atoms with Gasteiger partial charge >= 0.3 is 0 Å². The van der Waals surface area contributed by atoms with Crippen LogP contribution in [0.4, 0.5) is 5.69 Å². The van der Waals surface area contributed by atoms with Gasteiger partial charge < -0.3 is 31.5 Å². The molecular weight excluding hydrogens is 508 g/mol. The summed E-state index contributed by atoms with van der Waals surface area (Å²) in [6.07, 6.45) is 2.62. The average Bonchev–Trinajstić information content (AvgIpc) is 3.24. The Hall–Kier alpha value is -4.37. The van der Waals surface area contributed by atoms with Crippen LogP contribution in [0.1, 0.15) is 58.9 Å². The minimum Gasteiger partial charge on any atom is -0.495 e. The van der Waals surface area contributed by atoms with Gasteiger partial charge in [-0.3, -0.25) is 14.4 Å². The molecule has 3 aromatic rings. The number of methoxy groups -OCH3 is 1. The number of hydrogen-bond donors (Lipinski definition) is 4. The first-order valence-corrected chi connectivity index (χ1v) is 13.3. The van der Waals surface area contributed by atoms with Gasteiger partial charge in [0.25, 0.3) is 11.8 Å². The molecule has 3 aromatic carbocycles. The van der Waals surface area contributed by atoms with Crippen LogP contribution in [-0.4, -0.2) is 53.0 Å². The molecule has 3 amide bonds. The summed E-state index contributed by atoms with van der Waals surface area (Å²) in [5.41, 5.74) is 14.7. The number of amides is 3. The zero-order valence-corrected chi connectivity index (χ0v) is 22.8. The van der Waals surface area contributed by atoms with E-state index in [1.54, 1.807) is 23.1 Å². The summed E-state index contributed by atoms with van der Waals surface area (Å²) in [6, 6.07) is 13.1. The number of fused-ring (bicyclic) bond motifs is 3. The number of aliphatic hydroxyl groups is 1. The summed E-state index contributed by atoms with van der Waals surface area (Å²) in [5, 5.41) is 15.2. The third kappa shape index (κ3) is 5.12. The molecule has 0 atom stereocenters. The third-order valence-electron chi connectivity index (χ3n) is 8.07. The van der Waals surface area contributed by atoms with Gasteiger partial charge in [-0.05, 0) is 84.3 Å². The fourth-order valence-electron chi connectivity index (χ4n) is 5.60. The van der Waals surface area contributed by atoms with Crippen LogP contribution in [0.3, 0.4) is 0 Å². The first kappa shape index (κ1) is 27.2. The molecule has 0 unspecified atom stereocenters. The van der Waals surface area contributed by atoms with E-state index in [0.717, 1.165) is 27.5 Å².